The molecule has 0 aliphatic heterocycles. The van der Waals surface area contributed by atoms with Gasteiger partial charge in [-0.3, -0.25) is 0 Å². The van der Waals surface area contributed by atoms with Crippen molar-refractivity contribution in [2.75, 3.05) is 6.26 Å². The maximum Gasteiger partial charge on any atom is 0.497 e. The summed E-state index contributed by atoms with van der Waals surface area (Å²) in [4.78, 5) is 0. The van der Waals surface area contributed by atoms with Crippen LogP contribution in [0.5, 0.6) is 0 Å². The van der Waals surface area contributed by atoms with Crippen LogP contribution in [0, 0.1) is 0 Å². The lowest BCUT2D eigenvalue weighted by molar-refractivity contribution is -0.0429. The van der Waals surface area contributed by atoms with Crippen molar-refractivity contribution in [2.24, 2.45) is 0 Å². The third kappa shape index (κ3) is 1.69. The molecule has 0 aliphatic rings. The molecule has 0 spiro atoms. The van der Waals surface area contributed by atoms with Crippen LogP contribution in [0.1, 0.15) is 0 Å². The summed E-state index contributed by atoms with van der Waals surface area (Å²) < 4.78 is 52.0. The summed E-state index contributed by atoms with van der Waals surface area (Å²) in [5.41, 5.74) is -5.09. The van der Waals surface area contributed by atoms with E-state index >= 15 is 0 Å². The first-order valence-corrected chi connectivity index (χ1v) is 3.40. The Hall–Kier alpha value is -0.260. The molecular formula is C2H3F3O2S. The van der Waals surface area contributed by atoms with Crippen molar-refractivity contribution in [1.82, 2.24) is 0 Å². The second-order valence-electron chi connectivity index (χ2n) is 1.22. The summed E-state index contributed by atoms with van der Waals surface area (Å²) in [6.07, 6.45) is 0.118. The highest BCUT2D eigenvalue weighted by Gasteiger charge is 2.41. The van der Waals surface area contributed by atoms with Gasteiger partial charge >= 0.3 is 5.51 Å². The van der Waals surface area contributed by atoms with E-state index in [0.29, 0.717) is 0 Å². The van der Waals surface area contributed by atoms with Crippen LogP contribution in [0.25, 0.3) is 0 Å². The summed E-state index contributed by atoms with van der Waals surface area (Å²) in [7, 11) is -4.84. The number of alkyl halides is 3. The number of halogens is 3. The van der Waals surface area contributed by atoms with Crippen LogP contribution < -0.4 is 0 Å². The molecule has 0 saturated carbocycles. The zero-order valence-electron chi connectivity index (χ0n) is 3.86. The fourth-order valence-corrected chi connectivity index (χ4v) is 0. The maximum absolute atomic E-state index is 11.0. The Morgan fingerprint density at radius 3 is 1.38 bits per heavy atom. The van der Waals surface area contributed by atoms with Gasteiger partial charge in [0.05, 0.1) is 0 Å². The van der Waals surface area contributed by atoms with Crippen LogP contribution >= 0.6 is 0 Å². The summed E-state index contributed by atoms with van der Waals surface area (Å²) in [5.74, 6) is 0. The van der Waals surface area contributed by atoms with Crippen LogP contribution in [0.3, 0.4) is 0 Å². The van der Waals surface area contributed by atoms with Crippen molar-refractivity contribution in [2.45, 2.75) is 5.51 Å². The Morgan fingerprint density at radius 1 is 1.25 bits per heavy atom. The van der Waals surface area contributed by atoms with Crippen LogP contribution in [0.2, 0.25) is 0 Å². The minimum atomic E-state index is -5.09. The summed E-state index contributed by atoms with van der Waals surface area (Å²) in [6.45, 7) is 0. The second-order valence-corrected chi connectivity index (χ2v) is 3.23. The van der Waals surface area contributed by atoms with Gasteiger partial charge in [0.15, 0.2) is 0 Å². The standard InChI is InChI=1S/C2H3F3O2S/c1-8(6,7)2(3,4)5/h1H3/i1-1. The first-order chi connectivity index (χ1) is 3.25. The van der Waals surface area contributed by atoms with E-state index in [9.17, 15) is 21.6 Å². The molecular weight excluding hydrogens is 144 g/mol. The molecule has 50 valence electrons. The molecule has 0 aromatic rings. The van der Waals surface area contributed by atoms with E-state index in [2.05, 4.69) is 0 Å². The van der Waals surface area contributed by atoms with Crippen molar-refractivity contribution in [3.63, 3.8) is 0 Å². The molecule has 0 aromatic carbocycles. The predicted octanol–water partition coefficient (Wildman–Crippen LogP) is 0.551. The summed E-state index contributed by atoms with van der Waals surface area (Å²) in [6, 6.07) is 0. The third-order valence-electron chi connectivity index (χ3n) is 0.420. The molecule has 6 heteroatoms. The topological polar surface area (TPSA) is 34.1 Å². The van der Waals surface area contributed by atoms with Crippen molar-refractivity contribution < 1.29 is 21.6 Å². The molecule has 0 radical (unpaired) electrons. The van der Waals surface area contributed by atoms with E-state index in [1.807, 2.05) is 0 Å². The van der Waals surface area contributed by atoms with Crippen LogP contribution in [0.15, 0.2) is 0 Å². The molecule has 0 fully saturated rings. The Morgan fingerprint density at radius 2 is 1.38 bits per heavy atom. The highest BCUT2D eigenvalue weighted by Crippen LogP contribution is 2.20. The minimum Gasteiger partial charge on any atom is -0.220 e. The fraction of sp³-hybridized carbons (Fsp3) is 1.00. The molecule has 0 aliphatic carbocycles. The predicted molar refractivity (Wildman–Crippen MR) is 20.9 cm³/mol. The zero-order valence-corrected chi connectivity index (χ0v) is 4.68. The average molecular weight is 147 g/mol. The molecule has 0 rings (SSSR count). The number of rotatable bonds is 0. The van der Waals surface area contributed by atoms with Crippen LogP contribution in [-0.4, -0.2) is 20.2 Å². The lowest BCUT2D eigenvalue weighted by Gasteiger charge is -1.99. The van der Waals surface area contributed by atoms with Gasteiger partial charge in [-0.25, -0.2) is 8.42 Å². The largest absolute Gasteiger partial charge is 0.497 e. The van der Waals surface area contributed by atoms with Gasteiger partial charge in [-0.05, 0) is 0 Å². The Kier molecular flexibility index (Phi) is 1.56. The number of sulfone groups is 1. The monoisotopic (exact) mass is 147 g/mol. The Bertz CT molecular complexity index is 164. The zero-order chi connectivity index (χ0) is 7.00. The van der Waals surface area contributed by atoms with Crippen molar-refractivity contribution in [3.05, 3.63) is 0 Å². The molecule has 0 unspecified atom stereocenters. The number of hydrogen-bond donors (Lipinski definition) is 0. The molecule has 0 heterocycles. The van der Waals surface area contributed by atoms with E-state index in [0.717, 1.165) is 0 Å². The summed E-state index contributed by atoms with van der Waals surface area (Å²) >= 11 is 0. The molecule has 0 amide bonds. The van der Waals surface area contributed by atoms with Gasteiger partial charge in [-0.15, -0.1) is 0 Å². The lowest BCUT2D eigenvalue weighted by atomic mass is 11.0. The average Bonchev–Trinajstić information content (AvgIpc) is 1.25. The van der Waals surface area contributed by atoms with Crippen molar-refractivity contribution in [1.29, 1.82) is 0 Å². The minimum absolute atomic E-state index is 0.118. The summed E-state index contributed by atoms with van der Waals surface area (Å²) in [5, 5.41) is 0. The van der Waals surface area contributed by atoms with Gasteiger partial charge in [0.1, 0.15) is 0 Å². The van der Waals surface area contributed by atoms with Gasteiger partial charge in [0.25, 0.3) is 0 Å². The highest BCUT2D eigenvalue weighted by atomic mass is 32.2. The molecule has 2 nitrogen and oxygen atoms in total. The lowest BCUT2D eigenvalue weighted by Crippen LogP contribution is -2.20. The normalized spacial score (nSPS) is 14.0. The quantitative estimate of drug-likeness (QED) is 0.501. The van der Waals surface area contributed by atoms with Gasteiger partial charge in [0.2, 0.25) is 9.84 Å². The van der Waals surface area contributed by atoms with Crippen LogP contribution in [-0.2, 0) is 9.84 Å². The van der Waals surface area contributed by atoms with Gasteiger partial charge in [-0.1, -0.05) is 0 Å². The van der Waals surface area contributed by atoms with Gasteiger partial charge in [0, 0.05) is 6.26 Å². The Balaban J connectivity index is 4.53. The van der Waals surface area contributed by atoms with Gasteiger partial charge in [-0.2, -0.15) is 13.2 Å². The molecule has 0 bridgehead atoms. The molecule has 0 atom stereocenters. The van der Waals surface area contributed by atoms with E-state index < -0.39 is 15.3 Å². The highest BCUT2D eigenvalue weighted by molar-refractivity contribution is 7.91. The number of hydrogen-bond acceptors (Lipinski definition) is 2. The second kappa shape index (κ2) is 1.61. The van der Waals surface area contributed by atoms with E-state index in [-0.39, 0.29) is 6.26 Å². The van der Waals surface area contributed by atoms with Gasteiger partial charge < -0.3 is 0 Å². The molecule has 0 aromatic heterocycles. The van der Waals surface area contributed by atoms with Crippen molar-refractivity contribution >= 4 is 9.84 Å². The maximum atomic E-state index is 11.0. The Labute approximate surface area is 44.2 Å². The molecule has 0 saturated heterocycles. The molecule has 0 N–H and O–H groups in total. The van der Waals surface area contributed by atoms with Crippen molar-refractivity contribution in [3.8, 4) is 0 Å². The molecule has 8 heavy (non-hydrogen) atoms. The third-order valence-corrected chi connectivity index (χ3v) is 1.26. The first kappa shape index (κ1) is 7.74. The SMILES string of the molecule is [11CH3]S(=O)(=O)C(F)(F)F. The van der Waals surface area contributed by atoms with E-state index in [1.165, 1.54) is 0 Å². The van der Waals surface area contributed by atoms with Crippen LogP contribution in [0.4, 0.5) is 13.2 Å². The smallest absolute Gasteiger partial charge is 0.220 e. The van der Waals surface area contributed by atoms with E-state index in [4.69, 9.17) is 0 Å². The van der Waals surface area contributed by atoms with E-state index in [1.54, 1.807) is 0 Å². The fourth-order valence-electron chi connectivity index (χ4n) is 0. The first-order valence-electron chi connectivity index (χ1n) is 1.51.